The first-order chi connectivity index (χ1) is 25.2. The lowest BCUT2D eigenvalue weighted by Gasteiger charge is -2.43. The highest BCUT2D eigenvalue weighted by atomic mass is 28.4. The fraction of sp³-hybridized carbons (Fsp3) is 0.450. The summed E-state index contributed by atoms with van der Waals surface area (Å²) in [5.41, 5.74) is 6.08. The largest absolute Gasteiger partial charge is 0.459 e. The van der Waals surface area contributed by atoms with Crippen LogP contribution in [0, 0.1) is 0 Å². The van der Waals surface area contributed by atoms with Gasteiger partial charge in [0, 0.05) is 27.3 Å². The molecule has 0 radical (unpaired) electrons. The lowest BCUT2D eigenvalue weighted by Crippen LogP contribution is -2.67. The average Bonchev–Trinajstić information content (AvgIpc) is 3.72. The number of ether oxygens (including phenoxy) is 6. The number of carbonyl (C=O) groups excluding carboxylic acids is 4. The first-order valence-corrected chi connectivity index (χ1v) is 19.7. The average molecular weight is 750 g/mol. The van der Waals surface area contributed by atoms with Crippen molar-refractivity contribution in [2.45, 2.75) is 96.2 Å². The van der Waals surface area contributed by atoms with Crippen LogP contribution in [0.2, 0.25) is 5.04 Å². The van der Waals surface area contributed by atoms with Gasteiger partial charge in [-0.05, 0) is 40.4 Å². The molecule has 12 nitrogen and oxygen atoms in total. The van der Waals surface area contributed by atoms with E-state index < -0.39 is 50.8 Å². The van der Waals surface area contributed by atoms with Crippen molar-refractivity contribution in [2.24, 2.45) is 5.73 Å². The molecule has 2 N–H and O–H groups in total. The van der Waals surface area contributed by atoms with Crippen molar-refractivity contribution in [1.29, 1.82) is 0 Å². The smallest absolute Gasteiger partial charge is 0.338 e. The van der Waals surface area contributed by atoms with Crippen LogP contribution in [0.15, 0.2) is 91.0 Å². The molecule has 2 heterocycles. The molecule has 2 aliphatic rings. The van der Waals surface area contributed by atoms with E-state index in [4.69, 9.17) is 38.6 Å². The molecular weight excluding hydrogens is 699 g/mol. The van der Waals surface area contributed by atoms with Gasteiger partial charge in [-0.3, -0.25) is 14.4 Å². The van der Waals surface area contributed by atoms with Crippen molar-refractivity contribution in [3.05, 3.63) is 96.6 Å². The molecule has 0 amide bonds. The Hall–Kier alpha value is -4.40. The van der Waals surface area contributed by atoms with Crippen LogP contribution in [0.25, 0.3) is 0 Å². The van der Waals surface area contributed by atoms with Crippen molar-refractivity contribution >= 4 is 42.6 Å². The van der Waals surface area contributed by atoms with Gasteiger partial charge in [-0.2, -0.15) is 0 Å². The molecule has 286 valence electrons. The van der Waals surface area contributed by atoms with Crippen LogP contribution < -0.4 is 16.1 Å². The van der Waals surface area contributed by atoms with Gasteiger partial charge in [-0.15, -0.1) is 0 Å². The fourth-order valence-corrected chi connectivity index (χ4v) is 11.2. The lowest BCUT2D eigenvalue weighted by molar-refractivity contribution is -0.196. The summed E-state index contributed by atoms with van der Waals surface area (Å²) in [5.74, 6) is -2.12. The van der Waals surface area contributed by atoms with E-state index in [0.717, 1.165) is 23.2 Å². The van der Waals surface area contributed by atoms with E-state index in [9.17, 15) is 19.2 Å². The first-order valence-electron chi connectivity index (χ1n) is 17.7. The van der Waals surface area contributed by atoms with Gasteiger partial charge in [0.1, 0.15) is 12.7 Å². The normalized spacial score (nSPS) is 22.5. The molecule has 0 saturated carbocycles. The quantitative estimate of drug-likeness (QED) is 0.161. The molecular formula is C40H51NO11Si. The lowest BCUT2D eigenvalue weighted by atomic mass is 10.1. The highest BCUT2D eigenvalue weighted by Gasteiger charge is 2.55. The Morgan fingerprint density at radius 2 is 1.17 bits per heavy atom. The van der Waals surface area contributed by atoms with Crippen LogP contribution in [-0.2, 0) is 47.2 Å². The Bertz CT molecular complexity index is 1600. The van der Waals surface area contributed by atoms with Gasteiger partial charge >= 0.3 is 23.9 Å². The van der Waals surface area contributed by atoms with E-state index in [1.54, 1.807) is 12.1 Å². The highest BCUT2D eigenvalue weighted by molar-refractivity contribution is 6.99. The van der Waals surface area contributed by atoms with Gasteiger partial charge in [0.25, 0.3) is 8.32 Å². The predicted molar refractivity (Wildman–Crippen MR) is 199 cm³/mol. The molecule has 0 bridgehead atoms. The van der Waals surface area contributed by atoms with Gasteiger partial charge in [-0.25, -0.2) is 4.79 Å². The van der Waals surface area contributed by atoms with E-state index in [2.05, 4.69) is 45.0 Å². The summed E-state index contributed by atoms with van der Waals surface area (Å²) < 4.78 is 39.8. The second-order valence-corrected chi connectivity index (χ2v) is 18.2. The number of hydrogen-bond acceptors (Lipinski definition) is 12. The summed E-state index contributed by atoms with van der Waals surface area (Å²) in [4.78, 5) is 47.1. The molecule has 53 heavy (non-hydrogen) atoms. The van der Waals surface area contributed by atoms with Crippen LogP contribution in [0.1, 0.15) is 64.7 Å². The summed E-state index contributed by atoms with van der Waals surface area (Å²) in [6, 6.07) is 29.1. The molecule has 2 fully saturated rings. The van der Waals surface area contributed by atoms with E-state index in [-0.39, 0.29) is 29.8 Å². The molecule has 2 saturated heterocycles. The summed E-state index contributed by atoms with van der Waals surface area (Å²) in [6.45, 7) is 11.0. The fourth-order valence-electron chi connectivity index (χ4n) is 6.61. The Labute approximate surface area is 312 Å². The van der Waals surface area contributed by atoms with Gasteiger partial charge in [0.05, 0.1) is 24.4 Å². The highest BCUT2D eigenvalue weighted by Crippen LogP contribution is 2.38. The van der Waals surface area contributed by atoms with Crippen molar-refractivity contribution in [1.82, 2.24) is 0 Å². The van der Waals surface area contributed by atoms with Gasteiger partial charge < -0.3 is 38.6 Å². The Kier molecular flexibility index (Phi) is 14.9. The van der Waals surface area contributed by atoms with Crippen LogP contribution in [0.4, 0.5) is 0 Å². The van der Waals surface area contributed by atoms with E-state index in [0.29, 0.717) is 18.7 Å². The SMILES string of the molecule is CC(=O)OC1[C@@H](CO[Si](c2ccccc2)(c2ccccc2)C(C)(C)C)O[C@H](OC(C)=O)[C@H]1OC(C)=O.NC[C@@H]1CC[C@H](COC(=O)c2ccccc2)O1. The maximum atomic E-state index is 12.0. The van der Waals surface area contributed by atoms with Crippen molar-refractivity contribution in [2.75, 3.05) is 19.8 Å². The number of esters is 4. The summed E-state index contributed by atoms with van der Waals surface area (Å²) in [5, 5.41) is 1.84. The zero-order valence-corrected chi connectivity index (χ0v) is 32.2. The van der Waals surface area contributed by atoms with Crippen molar-refractivity contribution in [3.8, 4) is 0 Å². The number of nitrogens with two attached hydrogens (primary N) is 1. The predicted octanol–water partition coefficient (Wildman–Crippen LogP) is 4.06. The number of rotatable bonds is 12. The molecule has 6 atom stereocenters. The Morgan fingerprint density at radius 3 is 1.64 bits per heavy atom. The Morgan fingerprint density at radius 1 is 0.679 bits per heavy atom. The molecule has 13 heteroatoms. The second-order valence-electron chi connectivity index (χ2n) is 13.9. The summed E-state index contributed by atoms with van der Waals surface area (Å²) >= 11 is 0. The Balaban J connectivity index is 0.000000306. The van der Waals surface area contributed by atoms with E-state index in [1.807, 2.05) is 54.6 Å². The molecule has 0 aromatic heterocycles. The summed E-state index contributed by atoms with van der Waals surface area (Å²) in [6.07, 6.45) is -2.25. The topological polar surface area (TPSA) is 159 Å². The number of hydrogen-bond donors (Lipinski definition) is 1. The third kappa shape index (κ3) is 11.1. The zero-order chi connectivity index (χ0) is 38.6. The molecule has 0 aliphatic carbocycles. The molecule has 5 rings (SSSR count). The number of carbonyl (C=O) groups is 4. The second kappa shape index (κ2) is 19.1. The van der Waals surface area contributed by atoms with Crippen molar-refractivity contribution < 1.29 is 52.0 Å². The van der Waals surface area contributed by atoms with E-state index >= 15 is 0 Å². The molecule has 3 aromatic carbocycles. The maximum Gasteiger partial charge on any atom is 0.338 e. The van der Waals surface area contributed by atoms with Crippen molar-refractivity contribution in [3.63, 3.8) is 0 Å². The van der Waals surface area contributed by atoms with Gasteiger partial charge in [0.15, 0.2) is 6.10 Å². The van der Waals surface area contributed by atoms with Crippen LogP contribution in [0.5, 0.6) is 0 Å². The minimum absolute atomic E-state index is 0.00351. The van der Waals surface area contributed by atoms with E-state index in [1.165, 1.54) is 20.8 Å². The monoisotopic (exact) mass is 749 g/mol. The number of benzene rings is 3. The maximum absolute atomic E-state index is 12.0. The van der Waals surface area contributed by atoms with Gasteiger partial charge in [0.2, 0.25) is 12.4 Å². The first kappa shape index (κ1) is 41.4. The van der Waals surface area contributed by atoms with Crippen LogP contribution in [-0.4, -0.2) is 88.8 Å². The molecule has 0 spiro atoms. The molecule has 2 aliphatic heterocycles. The van der Waals surface area contributed by atoms with Crippen LogP contribution >= 0.6 is 0 Å². The molecule has 3 aromatic rings. The standard InChI is InChI=1S/C27H34O8Si.C13H17NO3/c1-18(28)32-24-23(35-26(34-20(3)30)25(24)33-19(2)29)17-31-36(27(4,5)6,21-13-9-7-10-14-21)22-15-11-8-12-16-22;14-8-11-6-7-12(17-11)9-16-13(15)10-4-2-1-3-5-10/h7-16,23-26H,17H2,1-6H3;1-5,11-12H,6-9,14H2/t23-,24?,25+,26+;11-,12+/m10/s1. The minimum atomic E-state index is -2.93. The van der Waals surface area contributed by atoms with Gasteiger partial charge in [-0.1, -0.05) is 99.6 Å². The minimum Gasteiger partial charge on any atom is -0.459 e. The van der Waals surface area contributed by atoms with Crippen LogP contribution in [0.3, 0.4) is 0 Å². The summed E-state index contributed by atoms with van der Waals surface area (Å²) in [7, 11) is -2.93. The third-order valence-corrected chi connectivity index (χ3v) is 13.9. The molecule has 1 unspecified atom stereocenters. The third-order valence-electron chi connectivity index (χ3n) is 8.90. The zero-order valence-electron chi connectivity index (χ0n) is 31.2.